The largest absolute Gasteiger partial charge is 0.349 e. The van der Waals surface area contributed by atoms with Crippen molar-refractivity contribution in [1.29, 1.82) is 0 Å². The molecular weight excluding hydrogens is 302 g/mol. The minimum Gasteiger partial charge on any atom is -0.349 e. The standard InChI is InChI=1S/C16H23N3O2.ClH/c1-12-4-2-3-5-14(12)16(21)18-13-7-10-19(11-8-13)15(20)6-9-17;/h2-5,13H,6-11,17H2,1H3,(H,18,21);1H. The monoisotopic (exact) mass is 325 g/mol. The lowest BCUT2D eigenvalue weighted by Gasteiger charge is -2.32. The predicted octanol–water partition coefficient (Wildman–Crippen LogP) is 1.49. The van der Waals surface area contributed by atoms with E-state index in [1.165, 1.54) is 0 Å². The summed E-state index contributed by atoms with van der Waals surface area (Å²) < 4.78 is 0. The average Bonchev–Trinajstić information content (AvgIpc) is 2.48. The fourth-order valence-corrected chi connectivity index (χ4v) is 2.65. The van der Waals surface area contributed by atoms with E-state index in [4.69, 9.17) is 5.73 Å². The topological polar surface area (TPSA) is 75.4 Å². The highest BCUT2D eigenvalue weighted by molar-refractivity contribution is 5.95. The van der Waals surface area contributed by atoms with Gasteiger partial charge in [0.05, 0.1) is 0 Å². The number of likely N-dealkylation sites (tertiary alicyclic amines) is 1. The van der Waals surface area contributed by atoms with Crippen molar-refractivity contribution in [3.05, 3.63) is 35.4 Å². The number of halogens is 1. The van der Waals surface area contributed by atoms with Gasteiger partial charge in [-0.3, -0.25) is 9.59 Å². The molecule has 0 aromatic heterocycles. The summed E-state index contributed by atoms with van der Waals surface area (Å²) in [6.07, 6.45) is 2.00. The van der Waals surface area contributed by atoms with Crippen LogP contribution in [0.3, 0.4) is 0 Å². The molecule has 5 nitrogen and oxygen atoms in total. The maximum Gasteiger partial charge on any atom is 0.251 e. The van der Waals surface area contributed by atoms with Gasteiger partial charge in [-0.1, -0.05) is 18.2 Å². The van der Waals surface area contributed by atoms with Gasteiger partial charge >= 0.3 is 0 Å². The molecule has 1 aromatic carbocycles. The molecule has 1 fully saturated rings. The number of nitrogens with one attached hydrogen (secondary N) is 1. The van der Waals surface area contributed by atoms with Gasteiger partial charge in [0.15, 0.2) is 0 Å². The van der Waals surface area contributed by atoms with E-state index >= 15 is 0 Å². The number of nitrogens with two attached hydrogens (primary N) is 1. The molecule has 0 bridgehead atoms. The smallest absolute Gasteiger partial charge is 0.251 e. The highest BCUT2D eigenvalue weighted by Gasteiger charge is 2.23. The number of carbonyl (C=O) groups excluding carboxylic acids is 2. The first kappa shape index (κ1) is 18.5. The summed E-state index contributed by atoms with van der Waals surface area (Å²) in [5, 5.41) is 3.07. The van der Waals surface area contributed by atoms with Crippen molar-refractivity contribution < 1.29 is 9.59 Å². The van der Waals surface area contributed by atoms with Gasteiger partial charge in [-0.05, 0) is 31.4 Å². The third-order valence-corrected chi connectivity index (χ3v) is 3.93. The van der Waals surface area contributed by atoms with E-state index in [0.717, 1.165) is 24.0 Å². The van der Waals surface area contributed by atoms with Crippen LogP contribution in [-0.4, -0.2) is 42.4 Å². The number of piperidine rings is 1. The molecule has 1 aliphatic rings. The first-order chi connectivity index (χ1) is 10.1. The Balaban J connectivity index is 0.00000242. The molecule has 0 radical (unpaired) electrons. The fraction of sp³-hybridized carbons (Fsp3) is 0.500. The normalized spacial score (nSPS) is 15.1. The Hall–Kier alpha value is -1.59. The van der Waals surface area contributed by atoms with Crippen LogP contribution in [0.2, 0.25) is 0 Å². The van der Waals surface area contributed by atoms with Gasteiger partial charge in [0.2, 0.25) is 5.91 Å². The van der Waals surface area contributed by atoms with Crippen LogP contribution in [0.1, 0.15) is 35.2 Å². The highest BCUT2D eigenvalue weighted by Crippen LogP contribution is 2.13. The van der Waals surface area contributed by atoms with E-state index in [-0.39, 0.29) is 30.3 Å². The second-order valence-corrected chi connectivity index (χ2v) is 5.48. The molecule has 1 saturated heterocycles. The quantitative estimate of drug-likeness (QED) is 0.880. The zero-order chi connectivity index (χ0) is 15.2. The molecule has 1 heterocycles. The fourth-order valence-electron chi connectivity index (χ4n) is 2.65. The first-order valence-corrected chi connectivity index (χ1v) is 7.46. The van der Waals surface area contributed by atoms with Crippen molar-refractivity contribution in [1.82, 2.24) is 10.2 Å². The number of carbonyl (C=O) groups is 2. The molecule has 122 valence electrons. The molecule has 0 spiro atoms. The summed E-state index contributed by atoms with van der Waals surface area (Å²) in [6, 6.07) is 7.70. The van der Waals surface area contributed by atoms with Gasteiger partial charge in [-0.2, -0.15) is 0 Å². The average molecular weight is 326 g/mol. The van der Waals surface area contributed by atoms with Gasteiger partial charge < -0.3 is 16.0 Å². The lowest BCUT2D eigenvalue weighted by Crippen LogP contribution is -2.46. The lowest BCUT2D eigenvalue weighted by molar-refractivity contribution is -0.132. The molecule has 0 aliphatic carbocycles. The zero-order valence-corrected chi connectivity index (χ0v) is 13.7. The molecule has 1 aromatic rings. The van der Waals surface area contributed by atoms with Crippen LogP contribution in [0.5, 0.6) is 0 Å². The van der Waals surface area contributed by atoms with Crippen LogP contribution in [0.25, 0.3) is 0 Å². The van der Waals surface area contributed by atoms with E-state index < -0.39 is 0 Å². The zero-order valence-electron chi connectivity index (χ0n) is 12.9. The Morgan fingerprint density at radius 3 is 2.50 bits per heavy atom. The summed E-state index contributed by atoms with van der Waals surface area (Å²) in [4.78, 5) is 25.8. The van der Waals surface area contributed by atoms with Gasteiger partial charge in [0.1, 0.15) is 0 Å². The van der Waals surface area contributed by atoms with Crippen molar-refractivity contribution in [3.63, 3.8) is 0 Å². The Kier molecular flexibility index (Phi) is 7.35. The van der Waals surface area contributed by atoms with Crippen molar-refractivity contribution in [2.75, 3.05) is 19.6 Å². The summed E-state index contributed by atoms with van der Waals surface area (Å²) in [7, 11) is 0. The minimum absolute atomic E-state index is 0. The van der Waals surface area contributed by atoms with Gasteiger partial charge in [-0.25, -0.2) is 0 Å². The summed E-state index contributed by atoms with van der Waals surface area (Å²) in [6.45, 7) is 3.71. The number of hydrogen-bond donors (Lipinski definition) is 2. The number of amides is 2. The molecule has 2 rings (SSSR count). The van der Waals surface area contributed by atoms with Gasteiger partial charge in [0, 0.05) is 37.7 Å². The first-order valence-electron chi connectivity index (χ1n) is 7.46. The minimum atomic E-state index is -0.0279. The third kappa shape index (κ3) is 4.71. The van der Waals surface area contributed by atoms with Crippen LogP contribution in [0, 0.1) is 6.92 Å². The summed E-state index contributed by atoms with van der Waals surface area (Å²) in [5.74, 6) is 0.0843. The lowest BCUT2D eigenvalue weighted by atomic mass is 10.0. The van der Waals surface area contributed by atoms with Crippen molar-refractivity contribution in [2.45, 2.75) is 32.2 Å². The molecule has 0 unspecified atom stereocenters. The SMILES string of the molecule is Cc1ccccc1C(=O)NC1CCN(C(=O)CCN)CC1.Cl. The van der Waals surface area contributed by atoms with Crippen molar-refractivity contribution in [3.8, 4) is 0 Å². The van der Waals surface area contributed by atoms with Crippen LogP contribution >= 0.6 is 12.4 Å². The van der Waals surface area contributed by atoms with Gasteiger partial charge in [0.25, 0.3) is 5.91 Å². The predicted molar refractivity (Wildman–Crippen MR) is 89.2 cm³/mol. The number of hydrogen-bond acceptors (Lipinski definition) is 3. The molecule has 0 atom stereocenters. The molecule has 22 heavy (non-hydrogen) atoms. The third-order valence-electron chi connectivity index (χ3n) is 3.93. The maximum absolute atomic E-state index is 12.2. The number of benzene rings is 1. The number of nitrogens with zero attached hydrogens (tertiary/aromatic N) is 1. The van der Waals surface area contributed by atoms with Gasteiger partial charge in [-0.15, -0.1) is 12.4 Å². The summed E-state index contributed by atoms with van der Waals surface area (Å²) in [5.41, 5.74) is 7.10. The molecule has 0 saturated carbocycles. The van der Waals surface area contributed by atoms with Crippen LogP contribution < -0.4 is 11.1 Å². The Bertz CT molecular complexity index is 514. The van der Waals surface area contributed by atoms with Crippen LogP contribution in [0.15, 0.2) is 24.3 Å². The van der Waals surface area contributed by atoms with Crippen molar-refractivity contribution >= 4 is 24.2 Å². The van der Waals surface area contributed by atoms with E-state index in [2.05, 4.69) is 5.32 Å². The summed E-state index contributed by atoms with van der Waals surface area (Å²) >= 11 is 0. The molecule has 1 aliphatic heterocycles. The van der Waals surface area contributed by atoms with Crippen molar-refractivity contribution in [2.24, 2.45) is 5.73 Å². The molecule has 6 heteroatoms. The maximum atomic E-state index is 12.2. The van der Waals surface area contributed by atoms with E-state index in [9.17, 15) is 9.59 Å². The Morgan fingerprint density at radius 2 is 1.91 bits per heavy atom. The Morgan fingerprint density at radius 1 is 1.27 bits per heavy atom. The number of aryl methyl sites for hydroxylation is 1. The second kappa shape index (κ2) is 8.76. The second-order valence-electron chi connectivity index (χ2n) is 5.48. The number of rotatable bonds is 4. The van der Waals surface area contributed by atoms with E-state index in [1.54, 1.807) is 0 Å². The molecule has 2 amide bonds. The molecular formula is C16H24ClN3O2. The highest BCUT2D eigenvalue weighted by atomic mass is 35.5. The van der Waals surface area contributed by atoms with E-state index in [1.807, 2.05) is 36.1 Å². The molecule has 3 N–H and O–H groups in total. The van der Waals surface area contributed by atoms with E-state index in [0.29, 0.717) is 26.1 Å². The Labute approximate surface area is 137 Å². The van der Waals surface area contributed by atoms with Crippen LogP contribution in [0.4, 0.5) is 0 Å². The van der Waals surface area contributed by atoms with Crippen LogP contribution in [-0.2, 0) is 4.79 Å².